The number of carboxylic acids is 1. The lowest BCUT2D eigenvalue weighted by molar-refractivity contribution is -0.113. The van der Waals surface area contributed by atoms with Crippen LogP contribution in [-0.4, -0.2) is 37.5 Å². The fraction of sp³-hybridized carbons (Fsp3) is 0.200. The molecule has 29 heavy (non-hydrogen) atoms. The van der Waals surface area contributed by atoms with E-state index in [9.17, 15) is 9.59 Å². The van der Waals surface area contributed by atoms with E-state index in [1.165, 1.54) is 23.9 Å². The molecule has 150 valence electrons. The van der Waals surface area contributed by atoms with E-state index in [1.807, 2.05) is 44.3 Å². The Kier molecular flexibility index (Phi) is 6.50. The zero-order chi connectivity index (χ0) is 20.8. The third-order valence-electron chi connectivity index (χ3n) is 4.01. The van der Waals surface area contributed by atoms with E-state index in [4.69, 9.17) is 9.84 Å². The molecular formula is C20H20N4O4S. The highest BCUT2D eigenvalue weighted by Gasteiger charge is 2.18. The van der Waals surface area contributed by atoms with Gasteiger partial charge in [-0.15, -0.1) is 10.2 Å². The van der Waals surface area contributed by atoms with E-state index in [-0.39, 0.29) is 23.3 Å². The minimum absolute atomic E-state index is 0.108. The number of benzene rings is 2. The molecule has 9 heteroatoms. The second-order valence-electron chi connectivity index (χ2n) is 6.20. The molecular weight excluding hydrogens is 392 g/mol. The Bertz CT molecular complexity index is 1010. The number of hydrogen-bond acceptors (Lipinski definition) is 6. The zero-order valence-electron chi connectivity index (χ0n) is 15.9. The molecule has 3 aromatic rings. The number of para-hydroxylation sites is 1. The van der Waals surface area contributed by atoms with Crippen molar-refractivity contribution >= 4 is 29.3 Å². The number of aromatic carboxylic acids is 1. The van der Waals surface area contributed by atoms with Crippen molar-refractivity contribution in [3.63, 3.8) is 0 Å². The quantitative estimate of drug-likeness (QED) is 0.546. The van der Waals surface area contributed by atoms with Crippen molar-refractivity contribution in [3.8, 4) is 5.75 Å². The first-order valence-corrected chi connectivity index (χ1v) is 9.79. The third-order valence-corrected chi connectivity index (χ3v) is 5.03. The summed E-state index contributed by atoms with van der Waals surface area (Å²) in [6.07, 6.45) is -0.308. The molecule has 1 unspecified atom stereocenters. The monoisotopic (exact) mass is 412 g/mol. The average molecular weight is 412 g/mol. The number of thioether (sulfide) groups is 1. The Balaban J connectivity index is 1.58. The van der Waals surface area contributed by atoms with Gasteiger partial charge >= 0.3 is 5.97 Å². The Morgan fingerprint density at radius 2 is 1.93 bits per heavy atom. The summed E-state index contributed by atoms with van der Waals surface area (Å²) in [6.45, 7) is 1.88. The topological polar surface area (TPSA) is 106 Å². The van der Waals surface area contributed by atoms with E-state index in [0.29, 0.717) is 16.7 Å². The van der Waals surface area contributed by atoms with Crippen LogP contribution in [0.5, 0.6) is 5.75 Å². The first-order chi connectivity index (χ1) is 13.9. The smallest absolute Gasteiger partial charge is 0.335 e. The van der Waals surface area contributed by atoms with E-state index >= 15 is 0 Å². The maximum atomic E-state index is 12.2. The molecule has 0 spiro atoms. The van der Waals surface area contributed by atoms with Crippen LogP contribution >= 0.6 is 11.8 Å². The Hall–Kier alpha value is -3.33. The number of nitrogens with one attached hydrogen (secondary N) is 1. The molecule has 0 aliphatic heterocycles. The predicted octanol–water partition coefficient (Wildman–Crippen LogP) is 3.38. The van der Waals surface area contributed by atoms with Gasteiger partial charge in [-0.2, -0.15) is 0 Å². The van der Waals surface area contributed by atoms with Crippen LogP contribution in [0.3, 0.4) is 0 Å². The van der Waals surface area contributed by atoms with Gasteiger partial charge < -0.3 is 19.7 Å². The van der Waals surface area contributed by atoms with Gasteiger partial charge in [0.15, 0.2) is 17.1 Å². The number of carbonyl (C=O) groups excluding carboxylic acids is 1. The molecule has 8 nitrogen and oxygen atoms in total. The number of nitrogens with zero attached hydrogens (tertiary/aromatic N) is 3. The number of carboxylic acid groups (broad SMARTS) is 1. The zero-order valence-corrected chi connectivity index (χ0v) is 16.7. The van der Waals surface area contributed by atoms with Crippen LogP contribution < -0.4 is 10.1 Å². The van der Waals surface area contributed by atoms with Gasteiger partial charge in [0.2, 0.25) is 5.91 Å². The predicted molar refractivity (Wildman–Crippen MR) is 109 cm³/mol. The van der Waals surface area contributed by atoms with E-state index in [2.05, 4.69) is 15.5 Å². The molecule has 1 amide bonds. The number of rotatable bonds is 8. The fourth-order valence-corrected chi connectivity index (χ4v) is 3.34. The van der Waals surface area contributed by atoms with Crippen LogP contribution in [0.4, 0.5) is 5.69 Å². The van der Waals surface area contributed by atoms with Crippen LogP contribution in [0.1, 0.15) is 29.2 Å². The largest absolute Gasteiger partial charge is 0.483 e. The number of amides is 1. The molecule has 0 fully saturated rings. The lowest BCUT2D eigenvalue weighted by Gasteiger charge is -2.14. The third kappa shape index (κ3) is 5.35. The maximum absolute atomic E-state index is 12.2. The summed E-state index contributed by atoms with van der Waals surface area (Å²) in [5, 5.41) is 20.6. The molecule has 0 bridgehead atoms. The normalized spacial score (nSPS) is 11.7. The molecule has 1 aromatic heterocycles. The van der Waals surface area contributed by atoms with Crippen LogP contribution in [0.2, 0.25) is 0 Å². The van der Waals surface area contributed by atoms with Gasteiger partial charge in [-0.25, -0.2) is 4.79 Å². The van der Waals surface area contributed by atoms with Crippen molar-refractivity contribution in [2.75, 3.05) is 11.1 Å². The number of ether oxygens (including phenoxy) is 1. The average Bonchev–Trinajstić information content (AvgIpc) is 3.08. The standard InChI is InChI=1S/C20H20N4O4S/c1-13(28-16-9-4-3-5-10-16)18-22-23-20(24(18)2)29-12-17(25)21-15-8-6-7-14(11-15)19(26)27/h3-11,13H,12H2,1-2H3,(H,21,25)(H,26,27). The molecule has 1 atom stereocenters. The maximum Gasteiger partial charge on any atom is 0.335 e. The van der Waals surface area contributed by atoms with Crippen LogP contribution in [0.15, 0.2) is 59.8 Å². The molecule has 2 N–H and O–H groups in total. The van der Waals surface area contributed by atoms with Crippen LogP contribution in [0.25, 0.3) is 0 Å². The molecule has 0 aliphatic rings. The highest BCUT2D eigenvalue weighted by atomic mass is 32.2. The van der Waals surface area contributed by atoms with Gasteiger partial charge in [0.25, 0.3) is 0 Å². The Morgan fingerprint density at radius 1 is 1.17 bits per heavy atom. The second-order valence-corrected chi connectivity index (χ2v) is 7.14. The van der Waals surface area contributed by atoms with Gasteiger partial charge in [-0.05, 0) is 37.3 Å². The summed E-state index contributed by atoms with van der Waals surface area (Å²) < 4.78 is 7.66. The number of carbonyl (C=O) groups is 2. The van der Waals surface area contributed by atoms with Crippen molar-refractivity contribution in [2.45, 2.75) is 18.2 Å². The van der Waals surface area contributed by atoms with E-state index in [0.717, 1.165) is 5.75 Å². The number of hydrogen-bond donors (Lipinski definition) is 2. The van der Waals surface area contributed by atoms with Gasteiger partial charge in [0.05, 0.1) is 11.3 Å². The van der Waals surface area contributed by atoms with E-state index < -0.39 is 5.97 Å². The lowest BCUT2D eigenvalue weighted by Crippen LogP contribution is -2.15. The van der Waals surface area contributed by atoms with Crippen molar-refractivity contribution in [1.82, 2.24) is 14.8 Å². The van der Waals surface area contributed by atoms with Crippen molar-refractivity contribution in [2.24, 2.45) is 7.05 Å². The van der Waals surface area contributed by atoms with Crippen molar-refractivity contribution < 1.29 is 19.4 Å². The summed E-state index contributed by atoms with van der Waals surface area (Å²) in [4.78, 5) is 23.2. The van der Waals surface area contributed by atoms with Crippen molar-refractivity contribution in [1.29, 1.82) is 0 Å². The van der Waals surface area contributed by atoms with Gasteiger partial charge in [0, 0.05) is 12.7 Å². The Morgan fingerprint density at radius 3 is 2.66 bits per heavy atom. The van der Waals surface area contributed by atoms with Crippen molar-refractivity contribution in [3.05, 3.63) is 66.0 Å². The van der Waals surface area contributed by atoms with Gasteiger partial charge in [-0.1, -0.05) is 36.0 Å². The highest BCUT2D eigenvalue weighted by Crippen LogP contribution is 2.23. The number of anilines is 1. The molecule has 0 radical (unpaired) electrons. The SMILES string of the molecule is CC(Oc1ccccc1)c1nnc(SCC(=O)Nc2cccc(C(=O)O)c2)n1C. The van der Waals surface area contributed by atoms with Gasteiger partial charge in [-0.3, -0.25) is 4.79 Å². The van der Waals surface area contributed by atoms with Crippen LogP contribution in [0, 0.1) is 0 Å². The molecule has 2 aromatic carbocycles. The minimum atomic E-state index is -1.05. The second kappa shape index (κ2) is 9.24. The minimum Gasteiger partial charge on any atom is -0.483 e. The summed E-state index contributed by atoms with van der Waals surface area (Å²) >= 11 is 1.23. The summed E-state index contributed by atoms with van der Waals surface area (Å²) in [6, 6.07) is 15.5. The number of aromatic nitrogens is 3. The summed E-state index contributed by atoms with van der Waals surface area (Å²) in [5.74, 6) is 0.174. The molecule has 0 saturated heterocycles. The molecule has 0 saturated carbocycles. The lowest BCUT2D eigenvalue weighted by atomic mass is 10.2. The first kappa shape index (κ1) is 20.4. The summed E-state index contributed by atoms with van der Waals surface area (Å²) in [5.41, 5.74) is 0.542. The van der Waals surface area contributed by atoms with Gasteiger partial charge in [0.1, 0.15) is 5.75 Å². The van der Waals surface area contributed by atoms with E-state index in [1.54, 1.807) is 16.7 Å². The molecule has 0 aliphatic carbocycles. The van der Waals surface area contributed by atoms with Crippen LogP contribution in [-0.2, 0) is 11.8 Å². The highest BCUT2D eigenvalue weighted by molar-refractivity contribution is 7.99. The fourth-order valence-electron chi connectivity index (χ4n) is 2.62. The molecule has 1 heterocycles. The molecule has 3 rings (SSSR count). The first-order valence-electron chi connectivity index (χ1n) is 8.81. The summed E-state index contributed by atoms with van der Waals surface area (Å²) in [7, 11) is 1.82. The Labute approximate surface area is 171 Å².